The molecular weight excluding hydrogens is 416 g/mol. The summed E-state index contributed by atoms with van der Waals surface area (Å²) in [5.74, 6) is 0.491. The zero-order valence-electron chi connectivity index (χ0n) is 16.8. The fraction of sp³-hybridized carbons (Fsp3) is 0.318. The van der Waals surface area contributed by atoms with Gasteiger partial charge < -0.3 is 4.57 Å². The Labute approximate surface area is 182 Å². The summed E-state index contributed by atoms with van der Waals surface area (Å²) in [6.07, 6.45) is 5.89. The fourth-order valence-corrected chi connectivity index (χ4v) is 4.98. The van der Waals surface area contributed by atoms with E-state index >= 15 is 0 Å². The van der Waals surface area contributed by atoms with Crippen LogP contribution in [-0.4, -0.2) is 14.4 Å². The summed E-state index contributed by atoms with van der Waals surface area (Å²) >= 11 is 1.39. The van der Waals surface area contributed by atoms with Gasteiger partial charge in [0.15, 0.2) is 4.80 Å². The summed E-state index contributed by atoms with van der Waals surface area (Å²) in [6, 6.07) is 13.0. The van der Waals surface area contributed by atoms with Crippen molar-refractivity contribution in [2.24, 2.45) is 10.9 Å². The first-order valence-electron chi connectivity index (χ1n) is 10.2. The predicted molar refractivity (Wildman–Crippen MR) is 119 cm³/mol. The molecule has 1 heterocycles. The van der Waals surface area contributed by atoms with E-state index in [0.717, 1.165) is 30.6 Å². The third kappa shape index (κ3) is 4.72. The third-order valence-corrected chi connectivity index (χ3v) is 6.47. The van der Waals surface area contributed by atoms with Crippen LogP contribution in [0.5, 0.6) is 0 Å². The Morgan fingerprint density at radius 2 is 1.77 bits per heavy atom. The van der Waals surface area contributed by atoms with Crippen LogP contribution in [0.1, 0.15) is 32.1 Å². The Bertz CT molecular complexity index is 1180. The van der Waals surface area contributed by atoms with E-state index in [2.05, 4.69) is 9.56 Å². The number of hydrogen-bond acceptors (Lipinski definition) is 6. The van der Waals surface area contributed by atoms with Crippen LogP contribution in [0.2, 0.25) is 0 Å². The van der Waals surface area contributed by atoms with Crippen molar-refractivity contribution in [2.45, 2.75) is 38.6 Å². The van der Waals surface area contributed by atoms with Crippen LogP contribution in [0.15, 0.2) is 58.9 Å². The number of benzene rings is 2. The van der Waals surface area contributed by atoms with E-state index in [4.69, 9.17) is 0 Å². The molecule has 0 amide bonds. The first-order chi connectivity index (χ1) is 15.0. The lowest BCUT2D eigenvalue weighted by molar-refractivity contribution is -0.384. The molecule has 0 spiro atoms. The Kier molecular flexibility index (Phi) is 6.22. The van der Waals surface area contributed by atoms with Crippen molar-refractivity contribution >= 4 is 28.4 Å². The average Bonchev–Trinajstić information content (AvgIpc) is 3.17. The van der Waals surface area contributed by atoms with Gasteiger partial charge in [-0.1, -0.05) is 43.5 Å². The highest BCUT2D eigenvalue weighted by Crippen LogP contribution is 2.30. The van der Waals surface area contributed by atoms with Crippen LogP contribution in [-0.2, 0) is 6.54 Å². The smallest absolute Gasteiger partial charge is 0.294 e. The minimum absolute atomic E-state index is 0.0325. The summed E-state index contributed by atoms with van der Waals surface area (Å²) in [5.41, 5.74) is 1.88. The van der Waals surface area contributed by atoms with E-state index in [1.165, 1.54) is 42.7 Å². The van der Waals surface area contributed by atoms with Gasteiger partial charge in [0.1, 0.15) is 5.69 Å². The van der Waals surface area contributed by atoms with E-state index in [1.807, 2.05) is 11.4 Å². The molecule has 160 valence electrons. The Morgan fingerprint density at radius 1 is 1.00 bits per heavy atom. The van der Waals surface area contributed by atoms with Crippen LogP contribution in [0.3, 0.4) is 0 Å². The van der Waals surface area contributed by atoms with E-state index in [1.54, 1.807) is 30.3 Å². The Morgan fingerprint density at radius 3 is 2.52 bits per heavy atom. The summed E-state index contributed by atoms with van der Waals surface area (Å²) in [6.45, 7) is 0.737. The van der Waals surface area contributed by atoms with Crippen LogP contribution in [0, 0.1) is 26.1 Å². The van der Waals surface area contributed by atoms with Crippen LogP contribution in [0.4, 0.5) is 17.1 Å². The molecule has 0 radical (unpaired) electrons. The monoisotopic (exact) mass is 438 g/mol. The van der Waals surface area contributed by atoms with Gasteiger partial charge in [-0.15, -0.1) is 11.3 Å². The number of nitrogens with zero attached hydrogens (tertiary/aromatic N) is 4. The molecule has 1 aromatic heterocycles. The standard InChI is InChI=1S/C22H22N4O4S/c27-25(28)18-10-6-9-17(13-18)21-15-31-22(24(21)14-16-7-2-1-3-8-16)23-19-11-4-5-12-20(19)26(29)30/h4-6,9-13,15-16H,1-3,7-8,14H2. The zero-order valence-corrected chi connectivity index (χ0v) is 17.7. The van der Waals surface area contributed by atoms with Crippen LogP contribution < -0.4 is 4.80 Å². The number of non-ortho nitro benzene ring substituents is 1. The van der Waals surface area contributed by atoms with E-state index in [0.29, 0.717) is 16.4 Å². The number of thiazole rings is 1. The molecule has 0 bridgehead atoms. The van der Waals surface area contributed by atoms with Gasteiger partial charge in [-0.2, -0.15) is 0 Å². The van der Waals surface area contributed by atoms with Gasteiger partial charge >= 0.3 is 0 Å². The SMILES string of the molecule is O=[N+]([O-])c1cccc(-c2csc(=Nc3ccccc3[N+](=O)[O-])n2CC2CCCCC2)c1. The quantitative estimate of drug-likeness (QED) is 0.356. The topological polar surface area (TPSA) is 104 Å². The molecule has 0 aliphatic heterocycles. The van der Waals surface area contributed by atoms with Crippen molar-refractivity contribution in [1.29, 1.82) is 0 Å². The zero-order chi connectivity index (χ0) is 21.8. The van der Waals surface area contributed by atoms with Crippen molar-refractivity contribution in [1.82, 2.24) is 4.57 Å². The van der Waals surface area contributed by atoms with Crippen molar-refractivity contribution in [2.75, 3.05) is 0 Å². The molecule has 0 unspecified atom stereocenters. The maximum absolute atomic E-state index is 11.4. The second-order valence-electron chi connectivity index (χ2n) is 7.68. The normalized spacial score (nSPS) is 15.2. The summed E-state index contributed by atoms with van der Waals surface area (Å²) in [5, 5.41) is 24.6. The van der Waals surface area contributed by atoms with E-state index in [-0.39, 0.29) is 11.4 Å². The Balaban J connectivity index is 1.84. The molecule has 4 rings (SSSR count). The third-order valence-electron chi connectivity index (χ3n) is 5.61. The molecule has 1 aliphatic rings. The lowest BCUT2D eigenvalue weighted by Gasteiger charge is -2.23. The van der Waals surface area contributed by atoms with E-state index in [9.17, 15) is 20.2 Å². The summed E-state index contributed by atoms with van der Waals surface area (Å²) in [7, 11) is 0. The van der Waals surface area contributed by atoms with Crippen LogP contribution >= 0.6 is 11.3 Å². The molecule has 0 saturated heterocycles. The van der Waals surface area contributed by atoms with Gasteiger partial charge in [-0.3, -0.25) is 20.2 Å². The predicted octanol–water partition coefficient (Wildman–Crippen LogP) is 5.85. The molecule has 0 atom stereocenters. The molecule has 1 saturated carbocycles. The van der Waals surface area contributed by atoms with Gasteiger partial charge in [0, 0.05) is 35.7 Å². The summed E-state index contributed by atoms with van der Waals surface area (Å²) in [4.78, 5) is 27.1. The number of para-hydroxylation sites is 2. The van der Waals surface area contributed by atoms with Gasteiger partial charge in [-0.25, -0.2) is 4.99 Å². The maximum atomic E-state index is 11.4. The fourth-order valence-electron chi connectivity index (χ4n) is 4.05. The minimum Gasteiger partial charge on any atom is -0.316 e. The summed E-state index contributed by atoms with van der Waals surface area (Å²) < 4.78 is 2.07. The molecule has 1 fully saturated rings. The largest absolute Gasteiger partial charge is 0.316 e. The second kappa shape index (κ2) is 9.22. The molecule has 1 aliphatic carbocycles. The van der Waals surface area contributed by atoms with Crippen molar-refractivity contribution in [3.63, 3.8) is 0 Å². The van der Waals surface area contributed by atoms with Crippen molar-refractivity contribution < 1.29 is 9.85 Å². The first kappa shape index (κ1) is 20.9. The molecule has 9 heteroatoms. The lowest BCUT2D eigenvalue weighted by atomic mass is 9.89. The molecule has 2 aromatic carbocycles. The average molecular weight is 439 g/mol. The molecule has 0 N–H and O–H groups in total. The van der Waals surface area contributed by atoms with Gasteiger partial charge in [0.2, 0.25) is 0 Å². The van der Waals surface area contributed by atoms with Crippen LogP contribution in [0.25, 0.3) is 11.3 Å². The highest BCUT2D eigenvalue weighted by Gasteiger charge is 2.19. The molecule has 31 heavy (non-hydrogen) atoms. The maximum Gasteiger partial charge on any atom is 0.294 e. The number of nitro benzene ring substituents is 2. The van der Waals surface area contributed by atoms with Crippen molar-refractivity contribution in [3.8, 4) is 11.3 Å². The number of nitro groups is 2. The number of rotatable bonds is 6. The minimum atomic E-state index is -0.431. The molecule has 3 aromatic rings. The second-order valence-corrected chi connectivity index (χ2v) is 8.52. The number of aromatic nitrogens is 1. The van der Waals surface area contributed by atoms with Gasteiger partial charge in [-0.05, 0) is 24.8 Å². The van der Waals surface area contributed by atoms with Crippen molar-refractivity contribution in [3.05, 3.63) is 78.9 Å². The number of hydrogen-bond donors (Lipinski definition) is 0. The molecule has 8 nitrogen and oxygen atoms in total. The van der Waals surface area contributed by atoms with Gasteiger partial charge in [0.25, 0.3) is 11.4 Å². The highest BCUT2D eigenvalue weighted by molar-refractivity contribution is 7.07. The first-order valence-corrected chi connectivity index (χ1v) is 11.1. The lowest BCUT2D eigenvalue weighted by Crippen LogP contribution is -2.22. The highest BCUT2D eigenvalue weighted by atomic mass is 32.1. The Hall–Kier alpha value is -3.33. The van der Waals surface area contributed by atoms with Gasteiger partial charge in [0.05, 0.1) is 15.5 Å². The van der Waals surface area contributed by atoms with E-state index < -0.39 is 9.85 Å². The molecular formula is C22H22N4O4S.